The molecule has 0 unspecified atom stereocenters. The van der Waals surface area contributed by atoms with Crippen LogP contribution in [0.3, 0.4) is 0 Å². The largest absolute Gasteiger partial charge is 0.433 e. The van der Waals surface area contributed by atoms with Gasteiger partial charge in [0.05, 0.1) is 11.8 Å². The first kappa shape index (κ1) is 17.9. The van der Waals surface area contributed by atoms with Gasteiger partial charge in [0, 0.05) is 12.6 Å². The molecule has 0 aliphatic carbocycles. The van der Waals surface area contributed by atoms with E-state index in [1.54, 1.807) is 11.6 Å². The molecule has 0 spiro atoms. The van der Waals surface area contributed by atoms with Crippen molar-refractivity contribution < 1.29 is 13.9 Å². The number of thioether (sulfide) groups is 1. The molecule has 4 rings (SSSR count). The summed E-state index contributed by atoms with van der Waals surface area (Å²) in [5.74, 6) is 1.73. The van der Waals surface area contributed by atoms with Crippen LogP contribution in [-0.4, -0.2) is 29.8 Å². The Balaban J connectivity index is 1.46. The van der Waals surface area contributed by atoms with Crippen molar-refractivity contribution >= 4 is 17.6 Å². The van der Waals surface area contributed by atoms with E-state index >= 15 is 0 Å². The minimum atomic E-state index is -0.600. The first-order valence-corrected chi connectivity index (χ1v) is 9.16. The van der Waals surface area contributed by atoms with E-state index in [2.05, 4.69) is 20.3 Å². The van der Waals surface area contributed by atoms with Gasteiger partial charge in [-0.25, -0.2) is 0 Å². The fourth-order valence-corrected chi connectivity index (χ4v) is 3.21. The predicted octanol–water partition coefficient (Wildman–Crippen LogP) is 3.63. The molecule has 0 atom stereocenters. The second-order valence-corrected chi connectivity index (χ2v) is 6.87. The standard InChI is InChI=1S/C17H14N6O4S/c1-10-3-5-11(6-4-10)16-18-13(21-27-16)9-28-17-20-19-15(22(17)2)12-7-8-14(26-12)23(24)25/h3-8H,9H2,1-2H3. The zero-order valence-corrected chi connectivity index (χ0v) is 15.7. The molecule has 10 nitrogen and oxygen atoms in total. The van der Waals surface area contributed by atoms with Crippen LogP contribution in [-0.2, 0) is 12.8 Å². The Bertz CT molecular complexity index is 1130. The minimum Gasteiger partial charge on any atom is -0.397 e. The maximum atomic E-state index is 10.8. The summed E-state index contributed by atoms with van der Waals surface area (Å²) in [6.07, 6.45) is 0. The van der Waals surface area contributed by atoms with E-state index in [1.165, 1.54) is 23.9 Å². The fraction of sp³-hybridized carbons (Fsp3) is 0.176. The van der Waals surface area contributed by atoms with E-state index in [9.17, 15) is 10.1 Å². The van der Waals surface area contributed by atoms with Crippen molar-refractivity contribution in [2.24, 2.45) is 7.05 Å². The molecule has 0 aliphatic heterocycles. The Hall–Kier alpha value is -3.47. The minimum absolute atomic E-state index is 0.273. The van der Waals surface area contributed by atoms with Gasteiger partial charge in [0.15, 0.2) is 16.7 Å². The third kappa shape index (κ3) is 3.51. The molecule has 11 heteroatoms. The fourth-order valence-electron chi connectivity index (χ4n) is 2.46. The van der Waals surface area contributed by atoms with E-state index in [4.69, 9.17) is 8.94 Å². The molecule has 3 aromatic heterocycles. The van der Waals surface area contributed by atoms with Crippen LogP contribution in [0.25, 0.3) is 23.0 Å². The van der Waals surface area contributed by atoms with Gasteiger partial charge in [0.2, 0.25) is 5.82 Å². The molecule has 0 radical (unpaired) electrons. The molecule has 0 aliphatic rings. The van der Waals surface area contributed by atoms with Gasteiger partial charge in [-0.05, 0) is 25.1 Å². The van der Waals surface area contributed by atoms with Gasteiger partial charge in [0.1, 0.15) is 4.92 Å². The molecule has 28 heavy (non-hydrogen) atoms. The second kappa shape index (κ2) is 7.27. The number of hydrogen-bond donors (Lipinski definition) is 0. The number of benzene rings is 1. The molecular formula is C17H14N6O4S. The summed E-state index contributed by atoms with van der Waals surface area (Å²) >= 11 is 1.37. The lowest BCUT2D eigenvalue weighted by Crippen LogP contribution is -1.95. The molecule has 0 bridgehead atoms. The average molecular weight is 398 g/mol. The van der Waals surface area contributed by atoms with Gasteiger partial charge in [-0.3, -0.25) is 10.1 Å². The second-order valence-electron chi connectivity index (χ2n) is 5.93. The Morgan fingerprint density at radius 1 is 1.18 bits per heavy atom. The quantitative estimate of drug-likeness (QED) is 0.272. The third-order valence-electron chi connectivity index (χ3n) is 3.92. The lowest BCUT2D eigenvalue weighted by molar-refractivity contribution is -0.401. The number of nitrogens with zero attached hydrogens (tertiary/aromatic N) is 6. The maximum absolute atomic E-state index is 10.8. The summed E-state index contributed by atoms with van der Waals surface area (Å²) in [5, 5.41) is 23.5. The number of aromatic nitrogens is 5. The van der Waals surface area contributed by atoms with Crippen molar-refractivity contribution in [3.8, 4) is 23.0 Å². The highest BCUT2D eigenvalue weighted by Crippen LogP contribution is 2.28. The van der Waals surface area contributed by atoms with Crippen molar-refractivity contribution in [2.45, 2.75) is 17.8 Å². The van der Waals surface area contributed by atoms with Gasteiger partial charge in [0.25, 0.3) is 5.89 Å². The Kier molecular flexibility index (Phi) is 4.65. The normalized spacial score (nSPS) is 11.1. The Morgan fingerprint density at radius 3 is 2.68 bits per heavy atom. The molecule has 0 N–H and O–H groups in total. The number of rotatable bonds is 6. The molecule has 0 saturated heterocycles. The molecule has 3 heterocycles. The topological polar surface area (TPSA) is 126 Å². The van der Waals surface area contributed by atoms with Gasteiger partial charge >= 0.3 is 5.88 Å². The number of nitro groups is 1. The predicted molar refractivity (Wildman–Crippen MR) is 99.4 cm³/mol. The third-order valence-corrected chi connectivity index (χ3v) is 4.94. The Labute approximate surface area is 162 Å². The zero-order chi connectivity index (χ0) is 19.7. The molecule has 0 saturated carbocycles. The maximum Gasteiger partial charge on any atom is 0.433 e. The summed E-state index contributed by atoms with van der Waals surface area (Å²) in [7, 11) is 1.75. The highest BCUT2D eigenvalue weighted by Gasteiger charge is 2.19. The molecule has 4 aromatic rings. The van der Waals surface area contributed by atoms with Crippen LogP contribution in [0.15, 0.2) is 50.5 Å². The van der Waals surface area contributed by atoms with Crippen LogP contribution in [0.5, 0.6) is 0 Å². The molecular weight excluding hydrogens is 384 g/mol. The van der Waals surface area contributed by atoms with Crippen molar-refractivity contribution in [1.29, 1.82) is 0 Å². The first-order chi connectivity index (χ1) is 13.5. The monoisotopic (exact) mass is 398 g/mol. The van der Waals surface area contributed by atoms with Gasteiger partial charge in [-0.15, -0.1) is 10.2 Å². The van der Waals surface area contributed by atoms with E-state index < -0.39 is 4.92 Å². The SMILES string of the molecule is Cc1ccc(-c2nc(CSc3nnc(-c4ccc([N+](=O)[O-])o4)n3C)no2)cc1. The van der Waals surface area contributed by atoms with Crippen molar-refractivity contribution in [3.05, 3.63) is 57.9 Å². The van der Waals surface area contributed by atoms with Crippen LogP contribution in [0.1, 0.15) is 11.4 Å². The van der Waals surface area contributed by atoms with Gasteiger partial charge < -0.3 is 13.5 Å². The molecule has 0 fully saturated rings. The van der Waals surface area contributed by atoms with Crippen molar-refractivity contribution in [1.82, 2.24) is 24.9 Å². The first-order valence-electron chi connectivity index (χ1n) is 8.17. The number of furan rings is 1. The highest BCUT2D eigenvalue weighted by molar-refractivity contribution is 7.98. The van der Waals surface area contributed by atoms with Gasteiger partial charge in [-0.1, -0.05) is 34.6 Å². The van der Waals surface area contributed by atoms with Crippen LogP contribution < -0.4 is 0 Å². The molecule has 1 aromatic carbocycles. The number of hydrogen-bond acceptors (Lipinski definition) is 9. The van der Waals surface area contributed by atoms with Crippen molar-refractivity contribution in [3.63, 3.8) is 0 Å². The lowest BCUT2D eigenvalue weighted by atomic mass is 10.1. The van der Waals surface area contributed by atoms with Crippen molar-refractivity contribution in [2.75, 3.05) is 0 Å². The van der Waals surface area contributed by atoms with Crippen LogP contribution in [0.2, 0.25) is 0 Å². The summed E-state index contributed by atoms with van der Waals surface area (Å²) in [6.45, 7) is 2.01. The van der Waals surface area contributed by atoms with E-state index in [-0.39, 0.29) is 11.6 Å². The summed E-state index contributed by atoms with van der Waals surface area (Å²) in [5.41, 5.74) is 2.01. The lowest BCUT2D eigenvalue weighted by Gasteiger charge is -2.00. The van der Waals surface area contributed by atoms with Crippen LogP contribution in [0.4, 0.5) is 5.88 Å². The highest BCUT2D eigenvalue weighted by atomic mass is 32.2. The van der Waals surface area contributed by atoms with Crippen LogP contribution in [0, 0.1) is 17.0 Å². The molecule has 142 valence electrons. The zero-order valence-electron chi connectivity index (χ0n) is 14.9. The smallest absolute Gasteiger partial charge is 0.397 e. The van der Waals surface area contributed by atoms with Crippen LogP contribution >= 0.6 is 11.8 Å². The molecule has 0 amide bonds. The van der Waals surface area contributed by atoms with E-state index in [0.29, 0.717) is 28.4 Å². The summed E-state index contributed by atoms with van der Waals surface area (Å²) in [4.78, 5) is 14.6. The van der Waals surface area contributed by atoms with Gasteiger partial charge in [-0.2, -0.15) is 4.98 Å². The van der Waals surface area contributed by atoms with E-state index in [0.717, 1.165) is 11.1 Å². The van der Waals surface area contributed by atoms with E-state index in [1.807, 2.05) is 31.2 Å². The Morgan fingerprint density at radius 2 is 1.96 bits per heavy atom. The summed E-state index contributed by atoms with van der Waals surface area (Å²) in [6, 6.07) is 10.6. The number of aryl methyl sites for hydroxylation is 1. The average Bonchev–Trinajstić information content (AvgIpc) is 3.40. The summed E-state index contributed by atoms with van der Waals surface area (Å²) < 4.78 is 12.2.